The number of aromatic nitrogens is 1. The monoisotopic (exact) mass is 593 g/mol. The second kappa shape index (κ2) is 13.0. The van der Waals surface area contributed by atoms with Gasteiger partial charge in [-0.2, -0.15) is 0 Å². The second-order valence-corrected chi connectivity index (χ2v) is 15.7. The summed E-state index contributed by atoms with van der Waals surface area (Å²) < 4.78 is 0. The fourth-order valence-corrected chi connectivity index (χ4v) is 9.12. The van der Waals surface area contributed by atoms with Gasteiger partial charge in [-0.15, -0.1) is 11.3 Å². The van der Waals surface area contributed by atoms with Gasteiger partial charge in [0.05, 0.1) is 9.88 Å². The number of benzene rings is 1. The highest BCUT2D eigenvalue weighted by atomic mass is 32.1. The average Bonchev–Trinajstić information content (AvgIpc) is 3.54. The lowest BCUT2D eigenvalue weighted by Gasteiger charge is -2.37. The summed E-state index contributed by atoms with van der Waals surface area (Å²) in [5, 5.41) is 5.13. The fourth-order valence-electron chi connectivity index (χ4n) is 7.98. The predicted molar refractivity (Wildman–Crippen MR) is 184 cm³/mol. The van der Waals surface area contributed by atoms with Crippen LogP contribution < -0.4 is 5.32 Å². The Morgan fingerprint density at radius 1 is 0.953 bits per heavy atom. The highest BCUT2D eigenvalue weighted by Crippen LogP contribution is 2.45. The molecule has 0 radical (unpaired) electrons. The normalized spacial score (nSPS) is 29.0. The number of hydrogen-bond donors (Lipinski definition) is 1. The van der Waals surface area contributed by atoms with Crippen LogP contribution in [0.25, 0.3) is 16.0 Å². The molecule has 2 heterocycles. The van der Waals surface area contributed by atoms with Crippen molar-refractivity contribution >= 4 is 23.1 Å². The first-order valence-electron chi connectivity index (χ1n) is 17.5. The molecule has 43 heavy (non-hydrogen) atoms. The number of hydrogen-bond acceptors (Lipinski definition) is 4. The van der Waals surface area contributed by atoms with E-state index >= 15 is 0 Å². The minimum absolute atomic E-state index is 0.150. The van der Waals surface area contributed by atoms with Gasteiger partial charge in [0.15, 0.2) is 0 Å². The van der Waals surface area contributed by atoms with Crippen molar-refractivity contribution < 1.29 is 0 Å². The maximum Gasteiger partial charge on any atom is 0.100 e. The lowest BCUT2D eigenvalue weighted by molar-refractivity contribution is 0.183. The largest absolute Gasteiger partial charge is 0.314 e. The van der Waals surface area contributed by atoms with Gasteiger partial charge in [0, 0.05) is 24.4 Å². The summed E-state index contributed by atoms with van der Waals surface area (Å²) in [5.74, 6) is 4.32. The quantitative estimate of drug-likeness (QED) is 0.266. The number of thiazole rings is 1. The van der Waals surface area contributed by atoms with Gasteiger partial charge < -0.3 is 5.32 Å². The topological polar surface area (TPSA) is 37.3 Å². The third-order valence-corrected chi connectivity index (χ3v) is 12.4. The molecule has 0 amide bonds. The summed E-state index contributed by atoms with van der Waals surface area (Å²) >= 11 is 1.98. The van der Waals surface area contributed by atoms with E-state index in [2.05, 4.69) is 68.7 Å². The highest BCUT2D eigenvalue weighted by Gasteiger charge is 2.32. The van der Waals surface area contributed by atoms with Crippen molar-refractivity contribution in [3.8, 4) is 10.4 Å². The van der Waals surface area contributed by atoms with Crippen molar-refractivity contribution in [2.45, 2.75) is 116 Å². The first-order chi connectivity index (χ1) is 21.0. The Kier molecular flexibility index (Phi) is 8.87. The maximum absolute atomic E-state index is 5.07. The van der Waals surface area contributed by atoms with Crippen LogP contribution >= 0.6 is 11.3 Å². The lowest BCUT2D eigenvalue weighted by Crippen LogP contribution is -2.37. The Morgan fingerprint density at radius 3 is 2.47 bits per heavy atom. The Morgan fingerprint density at radius 2 is 1.72 bits per heavy atom. The fraction of sp³-hybridized carbons (Fsp3) is 0.590. The molecule has 4 aliphatic carbocycles. The average molecular weight is 594 g/mol. The lowest BCUT2D eigenvalue weighted by atomic mass is 9.71. The highest BCUT2D eigenvalue weighted by molar-refractivity contribution is 7.15. The van der Waals surface area contributed by atoms with Gasteiger partial charge in [-0.3, -0.25) is 4.99 Å². The molecule has 0 bridgehead atoms. The molecule has 4 heteroatoms. The van der Waals surface area contributed by atoms with E-state index in [0.29, 0.717) is 12.0 Å². The van der Waals surface area contributed by atoms with Gasteiger partial charge in [-0.25, -0.2) is 4.98 Å². The van der Waals surface area contributed by atoms with Gasteiger partial charge in [0.2, 0.25) is 0 Å². The molecule has 2 unspecified atom stereocenters. The number of fused-ring (bicyclic) bond motifs is 1. The number of nitrogens with one attached hydrogen (secondary N) is 1. The van der Waals surface area contributed by atoms with E-state index in [1.165, 1.54) is 127 Å². The second-order valence-electron chi connectivity index (χ2n) is 14.7. The Bertz CT molecular complexity index is 1410. The van der Waals surface area contributed by atoms with E-state index in [4.69, 9.17) is 9.98 Å². The predicted octanol–water partition coefficient (Wildman–Crippen LogP) is 9.95. The Labute approximate surface area is 264 Å². The van der Waals surface area contributed by atoms with Gasteiger partial charge in [0.1, 0.15) is 6.04 Å². The van der Waals surface area contributed by atoms with E-state index in [-0.39, 0.29) is 6.04 Å². The molecule has 0 saturated heterocycles. The minimum Gasteiger partial charge on any atom is -0.314 e. The summed E-state index contributed by atoms with van der Waals surface area (Å²) in [4.78, 5) is 11.4. The summed E-state index contributed by atoms with van der Waals surface area (Å²) in [6.45, 7) is 7.90. The van der Waals surface area contributed by atoms with Crippen LogP contribution in [0.4, 0.5) is 0 Å². The molecule has 3 fully saturated rings. The number of rotatable bonds is 12. The molecular weight excluding hydrogens is 543 g/mol. The van der Waals surface area contributed by atoms with Crippen LogP contribution in [0.5, 0.6) is 0 Å². The molecule has 0 spiro atoms. The molecule has 2 atom stereocenters. The number of nitrogens with zero attached hydrogens (tertiary/aromatic N) is 2. The van der Waals surface area contributed by atoms with Crippen LogP contribution in [-0.4, -0.2) is 29.8 Å². The van der Waals surface area contributed by atoms with Crippen molar-refractivity contribution in [3.05, 3.63) is 69.9 Å². The van der Waals surface area contributed by atoms with Crippen LogP contribution in [0.1, 0.15) is 113 Å². The van der Waals surface area contributed by atoms with Crippen LogP contribution in [-0.2, 0) is 6.42 Å². The molecule has 3 nitrogen and oxygen atoms in total. The Balaban J connectivity index is 1.06. The summed E-state index contributed by atoms with van der Waals surface area (Å²) in [5.41, 5.74) is 8.17. The molecule has 7 rings (SSSR count). The molecule has 1 aliphatic heterocycles. The molecule has 5 aliphatic rings. The van der Waals surface area contributed by atoms with E-state index < -0.39 is 0 Å². The van der Waals surface area contributed by atoms with Gasteiger partial charge in [0.25, 0.3) is 0 Å². The molecule has 228 valence electrons. The van der Waals surface area contributed by atoms with Crippen LogP contribution in [0.15, 0.2) is 58.8 Å². The van der Waals surface area contributed by atoms with Crippen LogP contribution in [0, 0.1) is 23.7 Å². The first-order valence-corrected chi connectivity index (χ1v) is 18.3. The van der Waals surface area contributed by atoms with Crippen LogP contribution in [0.3, 0.4) is 0 Å². The molecular formula is C39H51N3S. The third-order valence-electron chi connectivity index (χ3n) is 11.2. The van der Waals surface area contributed by atoms with Crippen molar-refractivity contribution in [3.63, 3.8) is 0 Å². The summed E-state index contributed by atoms with van der Waals surface area (Å²) in [6, 6.07) is 8.04. The number of dihydropyridines is 1. The summed E-state index contributed by atoms with van der Waals surface area (Å²) in [7, 11) is 0. The SMILES string of the molecule is CCC(C)NCC1CC(Cc2cc(C3=CC=C4C=C(C)C=NC43)ccc2-c2cnc(C3CCC(CCC4CC4)CC3)s2)C1. The van der Waals surface area contributed by atoms with E-state index in [1.807, 2.05) is 17.6 Å². The zero-order valence-electron chi connectivity index (χ0n) is 26.7. The Hall–Kier alpha value is -2.30. The van der Waals surface area contributed by atoms with Crippen molar-refractivity contribution in [2.75, 3.05) is 6.54 Å². The standard InChI is InChI=1S/C39H51N3S/c1-4-26(3)40-23-30-18-29(19-30)20-34-21-32(36-16-14-33-17-25(2)22-41-38(33)36)13-15-35(34)37-24-42-39(43-37)31-11-9-28(10-12-31)8-7-27-5-6-27/h13-17,21-22,24,26-31,38,40H,4-12,18-20,23H2,1-3H3. The van der Waals surface area contributed by atoms with E-state index in [1.54, 1.807) is 0 Å². The zero-order chi connectivity index (χ0) is 29.3. The van der Waals surface area contributed by atoms with Gasteiger partial charge >= 0.3 is 0 Å². The number of allylic oxidation sites excluding steroid dienone is 3. The van der Waals surface area contributed by atoms with Crippen molar-refractivity contribution in [2.24, 2.45) is 28.7 Å². The van der Waals surface area contributed by atoms with Crippen LogP contribution in [0.2, 0.25) is 0 Å². The minimum atomic E-state index is 0.150. The first kappa shape index (κ1) is 29.4. The third kappa shape index (κ3) is 6.86. The maximum atomic E-state index is 5.07. The smallest absolute Gasteiger partial charge is 0.100 e. The molecule has 2 aromatic rings. The van der Waals surface area contributed by atoms with Gasteiger partial charge in [-0.05, 0) is 129 Å². The summed E-state index contributed by atoms with van der Waals surface area (Å²) in [6.07, 6.45) is 27.6. The van der Waals surface area contributed by atoms with E-state index in [9.17, 15) is 0 Å². The van der Waals surface area contributed by atoms with Crippen molar-refractivity contribution in [1.82, 2.24) is 10.3 Å². The molecule has 1 aromatic heterocycles. The molecule has 3 saturated carbocycles. The van der Waals surface area contributed by atoms with Crippen molar-refractivity contribution in [1.29, 1.82) is 0 Å². The molecule has 1 N–H and O–H groups in total. The van der Waals surface area contributed by atoms with Gasteiger partial charge in [-0.1, -0.05) is 69.0 Å². The molecule has 1 aromatic carbocycles. The zero-order valence-corrected chi connectivity index (χ0v) is 27.5. The number of aliphatic imine (C=N–C) groups is 1. The van der Waals surface area contributed by atoms with E-state index in [0.717, 1.165) is 23.7 Å².